The summed E-state index contributed by atoms with van der Waals surface area (Å²) in [5.74, 6) is 0.249. The lowest BCUT2D eigenvalue weighted by Crippen LogP contribution is -2.27. The summed E-state index contributed by atoms with van der Waals surface area (Å²) in [6, 6.07) is 12.9. The Labute approximate surface area is 162 Å². The maximum Gasteiger partial charge on any atom is 0.258 e. The number of rotatable bonds is 7. The van der Waals surface area contributed by atoms with Gasteiger partial charge >= 0.3 is 0 Å². The standard InChI is InChI=1S/C19H21N7O2/c1-25(2)16-10-15(8-9-20-16)18(28)23-19-22-13-26(24-19)12-17(27)21-11-14-6-4-3-5-7-14/h3-10,13H,11-12H2,1-2H3,(H,21,27)(H,23,24,28). The van der Waals surface area contributed by atoms with Crippen molar-refractivity contribution in [1.29, 1.82) is 0 Å². The molecule has 0 atom stereocenters. The molecular weight excluding hydrogens is 358 g/mol. The lowest BCUT2D eigenvalue weighted by molar-refractivity contribution is -0.122. The van der Waals surface area contributed by atoms with Gasteiger partial charge in [-0.1, -0.05) is 30.3 Å². The largest absolute Gasteiger partial charge is 0.363 e. The van der Waals surface area contributed by atoms with E-state index in [4.69, 9.17) is 0 Å². The van der Waals surface area contributed by atoms with Gasteiger partial charge in [-0.15, -0.1) is 5.10 Å². The fourth-order valence-electron chi connectivity index (χ4n) is 2.41. The van der Waals surface area contributed by atoms with Crippen LogP contribution in [0.15, 0.2) is 55.0 Å². The monoisotopic (exact) mass is 379 g/mol. The van der Waals surface area contributed by atoms with Crippen molar-refractivity contribution in [2.24, 2.45) is 0 Å². The first-order valence-electron chi connectivity index (χ1n) is 8.66. The SMILES string of the molecule is CN(C)c1cc(C(=O)Nc2ncn(CC(=O)NCc3ccccc3)n2)ccn1. The Morgan fingerprint density at radius 1 is 1.11 bits per heavy atom. The molecule has 2 aromatic heterocycles. The zero-order valence-corrected chi connectivity index (χ0v) is 15.7. The number of nitrogens with one attached hydrogen (secondary N) is 2. The number of hydrogen-bond acceptors (Lipinski definition) is 6. The number of amides is 2. The molecule has 0 bridgehead atoms. The first kappa shape index (κ1) is 19.0. The summed E-state index contributed by atoms with van der Waals surface area (Å²) >= 11 is 0. The number of carbonyl (C=O) groups excluding carboxylic acids is 2. The smallest absolute Gasteiger partial charge is 0.258 e. The van der Waals surface area contributed by atoms with E-state index < -0.39 is 0 Å². The molecule has 9 nitrogen and oxygen atoms in total. The van der Waals surface area contributed by atoms with Gasteiger partial charge < -0.3 is 10.2 Å². The molecule has 3 rings (SSSR count). The number of aromatic nitrogens is 4. The number of benzene rings is 1. The predicted octanol–water partition coefficient (Wildman–Crippen LogP) is 1.31. The van der Waals surface area contributed by atoms with Crippen LogP contribution in [0.5, 0.6) is 0 Å². The van der Waals surface area contributed by atoms with Crippen LogP contribution in [-0.4, -0.2) is 45.7 Å². The summed E-state index contributed by atoms with van der Waals surface area (Å²) < 4.78 is 1.37. The van der Waals surface area contributed by atoms with E-state index in [-0.39, 0.29) is 24.3 Å². The van der Waals surface area contributed by atoms with Crippen LogP contribution in [0.1, 0.15) is 15.9 Å². The van der Waals surface area contributed by atoms with Crippen molar-refractivity contribution in [3.63, 3.8) is 0 Å². The summed E-state index contributed by atoms with van der Waals surface area (Å²) in [6.07, 6.45) is 2.96. The Morgan fingerprint density at radius 2 is 1.89 bits per heavy atom. The van der Waals surface area contributed by atoms with Crippen LogP contribution in [0.3, 0.4) is 0 Å². The summed E-state index contributed by atoms with van der Waals surface area (Å²) in [4.78, 5) is 34.4. The van der Waals surface area contributed by atoms with Crippen molar-refractivity contribution in [2.45, 2.75) is 13.1 Å². The first-order chi connectivity index (χ1) is 13.5. The van der Waals surface area contributed by atoms with E-state index in [0.29, 0.717) is 17.9 Å². The summed E-state index contributed by atoms with van der Waals surface area (Å²) in [5.41, 5.74) is 1.45. The van der Waals surface area contributed by atoms with Gasteiger partial charge in [0.1, 0.15) is 18.7 Å². The minimum absolute atomic E-state index is 0.00966. The second kappa shape index (κ2) is 8.76. The molecule has 144 valence electrons. The van der Waals surface area contributed by atoms with Crippen LogP contribution in [0.4, 0.5) is 11.8 Å². The highest BCUT2D eigenvalue weighted by Gasteiger charge is 2.12. The molecule has 2 N–H and O–H groups in total. The summed E-state index contributed by atoms with van der Waals surface area (Å²) in [7, 11) is 3.69. The van der Waals surface area contributed by atoms with Gasteiger partial charge in [0.2, 0.25) is 11.9 Å². The highest BCUT2D eigenvalue weighted by molar-refractivity contribution is 6.03. The molecule has 0 fully saturated rings. The number of nitrogens with zero attached hydrogens (tertiary/aromatic N) is 5. The van der Waals surface area contributed by atoms with Crippen LogP contribution in [0, 0.1) is 0 Å². The molecule has 1 aromatic carbocycles. The molecule has 9 heteroatoms. The summed E-state index contributed by atoms with van der Waals surface area (Å²) in [6.45, 7) is 0.448. The van der Waals surface area contributed by atoms with E-state index >= 15 is 0 Å². The molecule has 0 saturated heterocycles. The third kappa shape index (κ3) is 5.13. The van der Waals surface area contributed by atoms with Crippen LogP contribution >= 0.6 is 0 Å². The highest BCUT2D eigenvalue weighted by Crippen LogP contribution is 2.11. The molecule has 3 aromatic rings. The molecule has 2 amide bonds. The Bertz CT molecular complexity index is 954. The first-order valence-corrected chi connectivity index (χ1v) is 8.66. The second-order valence-electron chi connectivity index (χ2n) is 6.28. The van der Waals surface area contributed by atoms with Crippen molar-refractivity contribution in [1.82, 2.24) is 25.1 Å². The topological polar surface area (TPSA) is 105 Å². The zero-order chi connectivity index (χ0) is 19.9. The minimum atomic E-state index is -0.350. The Kier molecular flexibility index (Phi) is 5.95. The van der Waals surface area contributed by atoms with Gasteiger partial charge in [0.25, 0.3) is 5.91 Å². The molecule has 28 heavy (non-hydrogen) atoms. The quantitative estimate of drug-likeness (QED) is 0.641. The fourth-order valence-corrected chi connectivity index (χ4v) is 2.41. The molecular formula is C19H21N7O2. The maximum absolute atomic E-state index is 12.4. The van der Waals surface area contributed by atoms with E-state index in [9.17, 15) is 9.59 Å². The average Bonchev–Trinajstić information content (AvgIpc) is 3.14. The average molecular weight is 379 g/mol. The van der Waals surface area contributed by atoms with E-state index in [1.165, 1.54) is 11.0 Å². The number of pyridine rings is 1. The molecule has 0 aliphatic rings. The molecule has 0 spiro atoms. The lowest BCUT2D eigenvalue weighted by Gasteiger charge is -2.11. The van der Waals surface area contributed by atoms with Crippen LogP contribution < -0.4 is 15.5 Å². The maximum atomic E-state index is 12.4. The highest BCUT2D eigenvalue weighted by atomic mass is 16.2. The summed E-state index contributed by atoms with van der Waals surface area (Å²) in [5, 5.41) is 9.54. The third-order valence-electron chi connectivity index (χ3n) is 3.87. The predicted molar refractivity (Wildman–Crippen MR) is 105 cm³/mol. The fraction of sp³-hybridized carbons (Fsp3) is 0.211. The molecule has 0 aliphatic heterocycles. The second-order valence-corrected chi connectivity index (χ2v) is 6.28. The van der Waals surface area contributed by atoms with Gasteiger partial charge in [0.15, 0.2) is 0 Å². The molecule has 2 heterocycles. The van der Waals surface area contributed by atoms with Gasteiger partial charge in [-0.2, -0.15) is 0 Å². The van der Waals surface area contributed by atoms with Gasteiger partial charge in [-0.05, 0) is 17.7 Å². The molecule has 0 radical (unpaired) electrons. The van der Waals surface area contributed by atoms with Crippen LogP contribution in [-0.2, 0) is 17.9 Å². The van der Waals surface area contributed by atoms with Crippen molar-refractivity contribution in [3.05, 3.63) is 66.1 Å². The van der Waals surface area contributed by atoms with Crippen LogP contribution in [0.2, 0.25) is 0 Å². The zero-order valence-electron chi connectivity index (χ0n) is 15.7. The normalized spacial score (nSPS) is 10.4. The van der Waals surface area contributed by atoms with E-state index in [1.807, 2.05) is 44.4 Å². The lowest BCUT2D eigenvalue weighted by atomic mass is 10.2. The van der Waals surface area contributed by atoms with Crippen molar-refractivity contribution in [2.75, 3.05) is 24.3 Å². The van der Waals surface area contributed by atoms with Crippen molar-refractivity contribution >= 4 is 23.6 Å². The van der Waals surface area contributed by atoms with Gasteiger partial charge in [-0.25, -0.2) is 14.6 Å². The van der Waals surface area contributed by atoms with Gasteiger partial charge in [0.05, 0.1) is 0 Å². The van der Waals surface area contributed by atoms with E-state index in [0.717, 1.165) is 5.56 Å². The molecule has 0 unspecified atom stereocenters. The third-order valence-corrected chi connectivity index (χ3v) is 3.87. The number of carbonyl (C=O) groups is 2. The Hall–Kier alpha value is -3.75. The Balaban J connectivity index is 1.54. The van der Waals surface area contributed by atoms with Gasteiger partial charge in [0, 0.05) is 32.4 Å². The Morgan fingerprint density at radius 3 is 2.64 bits per heavy atom. The number of anilines is 2. The molecule has 0 saturated carbocycles. The minimum Gasteiger partial charge on any atom is -0.363 e. The van der Waals surface area contributed by atoms with Crippen molar-refractivity contribution < 1.29 is 9.59 Å². The van der Waals surface area contributed by atoms with E-state index in [2.05, 4.69) is 25.7 Å². The van der Waals surface area contributed by atoms with Crippen LogP contribution in [0.25, 0.3) is 0 Å². The molecule has 0 aliphatic carbocycles. The van der Waals surface area contributed by atoms with Gasteiger partial charge in [-0.3, -0.25) is 14.9 Å². The number of hydrogen-bond donors (Lipinski definition) is 2. The van der Waals surface area contributed by atoms with E-state index in [1.54, 1.807) is 23.2 Å². The van der Waals surface area contributed by atoms with Crippen molar-refractivity contribution in [3.8, 4) is 0 Å².